The molecule has 0 aliphatic rings. The van der Waals surface area contributed by atoms with Crippen LogP contribution in [0.5, 0.6) is 0 Å². The molecule has 1 atom stereocenters. The molecule has 0 spiro atoms. The van der Waals surface area contributed by atoms with E-state index < -0.39 is 0 Å². The Morgan fingerprint density at radius 1 is 1.38 bits per heavy atom. The highest BCUT2D eigenvalue weighted by atomic mass is 16.2. The molecule has 0 aromatic carbocycles. The van der Waals surface area contributed by atoms with Gasteiger partial charge in [0.25, 0.3) is 0 Å². The molecule has 0 aliphatic heterocycles. The lowest BCUT2D eigenvalue weighted by Crippen LogP contribution is -2.30. The maximum atomic E-state index is 12.2. The highest BCUT2D eigenvalue weighted by Gasteiger charge is 2.18. The van der Waals surface area contributed by atoms with Gasteiger partial charge in [-0.2, -0.15) is 5.10 Å². The van der Waals surface area contributed by atoms with E-state index in [1.165, 1.54) is 0 Å². The molecule has 2 heterocycles. The van der Waals surface area contributed by atoms with E-state index in [4.69, 9.17) is 0 Å². The lowest BCUT2D eigenvalue weighted by atomic mass is 10.1. The number of carbonyl (C=O) groups is 1. The topological polar surface area (TPSA) is 64.7 Å². The van der Waals surface area contributed by atoms with Crippen molar-refractivity contribution < 1.29 is 4.79 Å². The minimum absolute atomic E-state index is 0.0216. The quantitative estimate of drug-likeness (QED) is 0.914. The van der Waals surface area contributed by atoms with Gasteiger partial charge in [0.15, 0.2) is 0 Å². The van der Waals surface area contributed by atoms with Crippen LogP contribution in [0.3, 0.4) is 0 Å². The van der Waals surface area contributed by atoms with Gasteiger partial charge in [-0.1, -0.05) is 0 Å². The zero-order chi connectivity index (χ0) is 15.6. The van der Waals surface area contributed by atoms with Crippen molar-refractivity contribution in [2.45, 2.75) is 53.8 Å². The Kier molecular flexibility index (Phi) is 4.45. The summed E-state index contributed by atoms with van der Waals surface area (Å²) in [6, 6.07) is -0.0540. The lowest BCUT2D eigenvalue weighted by molar-refractivity contribution is -0.122. The third-order valence-electron chi connectivity index (χ3n) is 3.79. The van der Waals surface area contributed by atoms with E-state index in [0.717, 1.165) is 29.3 Å². The molecule has 21 heavy (non-hydrogen) atoms. The van der Waals surface area contributed by atoms with Crippen molar-refractivity contribution in [3.05, 3.63) is 35.2 Å². The fraction of sp³-hybridized carbons (Fsp3) is 0.533. The fourth-order valence-electron chi connectivity index (χ4n) is 2.73. The second-order valence-electron chi connectivity index (χ2n) is 5.29. The summed E-state index contributed by atoms with van der Waals surface area (Å²) < 4.78 is 3.80. The number of hydrogen-bond acceptors (Lipinski definition) is 3. The van der Waals surface area contributed by atoms with Gasteiger partial charge >= 0.3 is 0 Å². The molecule has 6 heteroatoms. The Morgan fingerprint density at radius 2 is 2.10 bits per heavy atom. The second-order valence-corrected chi connectivity index (χ2v) is 5.29. The summed E-state index contributed by atoms with van der Waals surface area (Å²) in [5.41, 5.74) is 3.19. The normalized spacial score (nSPS) is 12.4. The summed E-state index contributed by atoms with van der Waals surface area (Å²) in [6.45, 7) is 11.1. The summed E-state index contributed by atoms with van der Waals surface area (Å²) in [6.07, 6.45) is 3.51. The van der Waals surface area contributed by atoms with Crippen LogP contribution >= 0.6 is 0 Å². The molecule has 0 fully saturated rings. The van der Waals surface area contributed by atoms with Crippen LogP contribution in [0.2, 0.25) is 0 Å². The molecule has 2 aromatic heterocycles. The van der Waals surface area contributed by atoms with Crippen molar-refractivity contribution in [3.8, 4) is 0 Å². The zero-order valence-electron chi connectivity index (χ0n) is 13.3. The average Bonchev–Trinajstić information content (AvgIpc) is 2.93. The lowest BCUT2D eigenvalue weighted by Gasteiger charge is -2.15. The molecule has 114 valence electrons. The fourth-order valence-corrected chi connectivity index (χ4v) is 2.73. The Bertz CT molecular complexity index is 641. The predicted octanol–water partition coefficient (Wildman–Crippen LogP) is 1.90. The Balaban J connectivity index is 2.08. The van der Waals surface area contributed by atoms with Crippen LogP contribution in [-0.2, 0) is 17.9 Å². The number of aromatic nitrogens is 4. The molecule has 0 radical (unpaired) electrons. The van der Waals surface area contributed by atoms with Gasteiger partial charge in [0, 0.05) is 30.2 Å². The monoisotopic (exact) mass is 289 g/mol. The first kappa shape index (κ1) is 15.3. The Hall–Kier alpha value is -2.11. The largest absolute Gasteiger partial charge is 0.348 e. The van der Waals surface area contributed by atoms with Gasteiger partial charge in [0.2, 0.25) is 5.91 Å². The van der Waals surface area contributed by atoms with E-state index in [1.54, 1.807) is 6.20 Å². The van der Waals surface area contributed by atoms with Gasteiger partial charge in [-0.15, -0.1) is 0 Å². The number of imidazole rings is 1. The highest BCUT2D eigenvalue weighted by molar-refractivity contribution is 5.76. The molecule has 2 rings (SSSR count). The van der Waals surface area contributed by atoms with Crippen LogP contribution in [0.1, 0.15) is 42.7 Å². The van der Waals surface area contributed by atoms with Crippen molar-refractivity contribution in [3.63, 3.8) is 0 Å². The molecule has 1 amide bonds. The average molecular weight is 289 g/mol. The second kappa shape index (κ2) is 6.11. The minimum Gasteiger partial charge on any atom is -0.348 e. The number of nitrogens with zero attached hydrogens (tertiary/aromatic N) is 4. The van der Waals surface area contributed by atoms with Crippen molar-refractivity contribution >= 4 is 5.91 Å². The Morgan fingerprint density at radius 3 is 2.62 bits per heavy atom. The van der Waals surface area contributed by atoms with Crippen molar-refractivity contribution in [2.24, 2.45) is 0 Å². The summed E-state index contributed by atoms with van der Waals surface area (Å²) in [5.74, 6) is 0.815. The van der Waals surface area contributed by atoms with E-state index in [9.17, 15) is 4.79 Å². The van der Waals surface area contributed by atoms with Crippen LogP contribution in [-0.4, -0.2) is 25.2 Å². The number of hydrogen-bond donors (Lipinski definition) is 1. The van der Waals surface area contributed by atoms with Crippen LogP contribution in [0.15, 0.2) is 12.4 Å². The van der Waals surface area contributed by atoms with Crippen LogP contribution < -0.4 is 5.32 Å². The number of nitrogens with one attached hydrogen (secondary N) is 1. The standard InChI is InChI=1S/C15H23N5O/c1-6-20-12(4)15(11(3)18-20)10(2)17-14(21)9-19-8-7-16-13(19)5/h7-8,10H,6,9H2,1-5H3,(H,17,21). The SMILES string of the molecule is CCn1nc(C)c(C(C)NC(=O)Cn2ccnc2C)c1C. The van der Waals surface area contributed by atoms with E-state index in [0.29, 0.717) is 0 Å². The van der Waals surface area contributed by atoms with E-state index in [1.807, 2.05) is 43.1 Å². The van der Waals surface area contributed by atoms with E-state index >= 15 is 0 Å². The summed E-state index contributed by atoms with van der Waals surface area (Å²) in [5, 5.41) is 7.54. The van der Waals surface area contributed by atoms with Gasteiger partial charge in [0.1, 0.15) is 12.4 Å². The molecule has 0 saturated heterocycles. The summed E-state index contributed by atoms with van der Waals surface area (Å²) >= 11 is 0. The van der Waals surface area contributed by atoms with Crippen LogP contribution in [0, 0.1) is 20.8 Å². The van der Waals surface area contributed by atoms with Gasteiger partial charge in [-0.25, -0.2) is 4.98 Å². The van der Waals surface area contributed by atoms with Crippen molar-refractivity contribution in [1.29, 1.82) is 0 Å². The Labute approximate surface area is 125 Å². The number of rotatable bonds is 5. The summed E-state index contributed by atoms with van der Waals surface area (Å²) in [7, 11) is 0. The third kappa shape index (κ3) is 3.15. The first-order valence-corrected chi connectivity index (χ1v) is 7.25. The van der Waals surface area contributed by atoms with Crippen LogP contribution in [0.4, 0.5) is 0 Å². The van der Waals surface area contributed by atoms with Crippen molar-refractivity contribution in [1.82, 2.24) is 24.6 Å². The molecule has 0 saturated carbocycles. The van der Waals surface area contributed by atoms with Crippen molar-refractivity contribution in [2.75, 3.05) is 0 Å². The van der Waals surface area contributed by atoms with Gasteiger partial charge in [0.05, 0.1) is 11.7 Å². The van der Waals surface area contributed by atoms with Crippen LogP contribution in [0.25, 0.3) is 0 Å². The van der Waals surface area contributed by atoms with E-state index in [2.05, 4.69) is 22.3 Å². The molecule has 6 nitrogen and oxygen atoms in total. The number of amides is 1. The maximum Gasteiger partial charge on any atom is 0.240 e. The molecule has 1 unspecified atom stereocenters. The molecule has 2 aromatic rings. The van der Waals surface area contributed by atoms with Gasteiger partial charge < -0.3 is 9.88 Å². The highest BCUT2D eigenvalue weighted by Crippen LogP contribution is 2.21. The van der Waals surface area contributed by atoms with Gasteiger partial charge in [-0.05, 0) is 34.6 Å². The molecular formula is C15H23N5O. The van der Waals surface area contributed by atoms with E-state index in [-0.39, 0.29) is 18.5 Å². The smallest absolute Gasteiger partial charge is 0.240 e. The third-order valence-corrected chi connectivity index (χ3v) is 3.79. The minimum atomic E-state index is -0.0540. The zero-order valence-corrected chi connectivity index (χ0v) is 13.3. The predicted molar refractivity (Wildman–Crippen MR) is 80.9 cm³/mol. The van der Waals surface area contributed by atoms with Gasteiger partial charge in [-0.3, -0.25) is 9.48 Å². The molecular weight excluding hydrogens is 266 g/mol. The molecule has 0 aliphatic carbocycles. The summed E-state index contributed by atoms with van der Waals surface area (Å²) in [4.78, 5) is 16.3. The first-order chi connectivity index (χ1) is 9.93. The maximum absolute atomic E-state index is 12.2. The number of aryl methyl sites for hydroxylation is 3. The first-order valence-electron chi connectivity index (χ1n) is 7.25. The molecule has 1 N–H and O–H groups in total. The number of carbonyl (C=O) groups excluding carboxylic acids is 1. The molecule has 0 bridgehead atoms.